The van der Waals surface area contributed by atoms with Gasteiger partial charge in [0.05, 0.1) is 11.3 Å². The van der Waals surface area contributed by atoms with E-state index in [0.29, 0.717) is 0 Å². The third-order valence-electron chi connectivity index (χ3n) is 3.71. The summed E-state index contributed by atoms with van der Waals surface area (Å²) in [5.41, 5.74) is 0.126. The van der Waals surface area contributed by atoms with Gasteiger partial charge in [-0.05, 0) is 25.0 Å². The topological polar surface area (TPSA) is 128 Å². The van der Waals surface area contributed by atoms with E-state index in [1.54, 1.807) is 0 Å². The van der Waals surface area contributed by atoms with Crippen molar-refractivity contribution >= 4 is 23.5 Å². The van der Waals surface area contributed by atoms with Crippen LogP contribution in [0.3, 0.4) is 0 Å². The van der Waals surface area contributed by atoms with E-state index >= 15 is 0 Å². The molecule has 0 radical (unpaired) electrons. The van der Waals surface area contributed by atoms with Gasteiger partial charge in [-0.2, -0.15) is 0 Å². The van der Waals surface area contributed by atoms with E-state index < -0.39 is 16.8 Å². The molecule has 142 valence electrons. The number of rotatable bonds is 9. The summed E-state index contributed by atoms with van der Waals surface area (Å²) >= 11 is 0. The van der Waals surface area contributed by atoms with Crippen LogP contribution < -0.4 is 10.6 Å². The van der Waals surface area contributed by atoms with Gasteiger partial charge in [-0.1, -0.05) is 13.8 Å². The van der Waals surface area contributed by atoms with E-state index in [1.807, 2.05) is 20.8 Å². The Hall–Kier alpha value is -2.97. The Kier molecular flexibility index (Phi) is 8.20. The molecule has 0 bridgehead atoms. The number of nitrogens with zero attached hydrogens (tertiary/aromatic N) is 1. The number of benzene rings is 1. The van der Waals surface area contributed by atoms with Gasteiger partial charge in [0.1, 0.15) is 0 Å². The van der Waals surface area contributed by atoms with Crippen molar-refractivity contribution in [1.29, 1.82) is 0 Å². The number of carbonyl (C=O) groups excluding carboxylic acids is 3. The first-order valence-corrected chi connectivity index (χ1v) is 8.18. The molecular weight excluding hydrogens is 342 g/mol. The molecule has 0 aromatic heterocycles. The zero-order chi connectivity index (χ0) is 19.7. The van der Waals surface area contributed by atoms with E-state index in [0.717, 1.165) is 0 Å². The van der Waals surface area contributed by atoms with Crippen LogP contribution in [0, 0.1) is 16.0 Å². The van der Waals surface area contributed by atoms with Crippen molar-refractivity contribution in [3.8, 4) is 0 Å². The molecule has 2 amide bonds. The SMILES string of the molecule is CC(C)[C@@H](C)NC(=O)COC(=O)CCNC(=O)c1ccc([N+](=O)[O-])cc1. The zero-order valence-electron chi connectivity index (χ0n) is 15.0. The Balaban J connectivity index is 2.29. The molecule has 0 unspecified atom stereocenters. The third-order valence-corrected chi connectivity index (χ3v) is 3.71. The summed E-state index contributed by atoms with van der Waals surface area (Å²) in [4.78, 5) is 45.0. The smallest absolute Gasteiger partial charge is 0.308 e. The molecule has 9 nitrogen and oxygen atoms in total. The van der Waals surface area contributed by atoms with Crippen molar-refractivity contribution in [2.24, 2.45) is 5.92 Å². The predicted octanol–water partition coefficient (Wildman–Crippen LogP) is 1.42. The minimum atomic E-state index is -0.610. The fraction of sp³-hybridized carbons (Fsp3) is 0.471. The highest BCUT2D eigenvalue weighted by Gasteiger charge is 2.13. The van der Waals surface area contributed by atoms with Crippen LogP contribution >= 0.6 is 0 Å². The lowest BCUT2D eigenvalue weighted by Crippen LogP contribution is -2.38. The second kappa shape index (κ2) is 10.1. The third kappa shape index (κ3) is 7.29. The number of hydrogen-bond donors (Lipinski definition) is 2. The summed E-state index contributed by atoms with van der Waals surface area (Å²) in [6.45, 7) is 5.44. The molecule has 26 heavy (non-hydrogen) atoms. The van der Waals surface area contributed by atoms with Gasteiger partial charge in [-0.3, -0.25) is 24.5 Å². The van der Waals surface area contributed by atoms with Crippen molar-refractivity contribution in [3.05, 3.63) is 39.9 Å². The van der Waals surface area contributed by atoms with Crippen molar-refractivity contribution < 1.29 is 24.0 Å². The number of hydrogen-bond acceptors (Lipinski definition) is 6. The van der Waals surface area contributed by atoms with E-state index in [-0.39, 0.29) is 48.7 Å². The molecule has 0 heterocycles. The summed E-state index contributed by atoms with van der Waals surface area (Å²) in [6.07, 6.45) is -0.0915. The van der Waals surface area contributed by atoms with Crippen LogP contribution in [0.2, 0.25) is 0 Å². The fourth-order valence-corrected chi connectivity index (χ4v) is 1.80. The van der Waals surface area contributed by atoms with Crippen molar-refractivity contribution in [1.82, 2.24) is 10.6 Å². The van der Waals surface area contributed by atoms with Gasteiger partial charge in [0.15, 0.2) is 6.61 Å². The summed E-state index contributed by atoms with van der Waals surface area (Å²) in [5.74, 6) is -1.18. The van der Waals surface area contributed by atoms with Crippen LogP contribution in [0.25, 0.3) is 0 Å². The van der Waals surface area contributed by atoms with Crippen LogP contribution in [0.15, 0.2) is 24.3 Å². The molecule has 1 atom stereocenters. The molecule has 0 spiro atoms. The first kappa shape index (κ1) is 21.1. The molecular formula is C17H23N3O6. The Labute approximate surface area is 151 Å². The molecule has 0 saturated carbocycles. The number of nitro groups is 1. The highest BCUT2D eigenvalue weighted by Crippen LogP contribution is 2.11. The van der Waals surface area contributed by atoms with Crippen LogP contribution in [-0.2, 0) is 14.3 Å². The lowest BCUT2D eigenvalue weighted by molar-refractivity contribution is -0.384. The Morgan fingerprint density at radius 3 is 2.31 bits per heavy atom. The fourth-order valence-electron chi connectivity index (χ4n) is 1.80. The average Bonchev–Trinajstić information content (AvgIpc) is 2.59. The number of ether oxygens (including phenoxy) is 1. The van der Waals surface area contributed by atoms with E-state index in [4.69, 9.17) is 4.74 Å². The maximum Gasteiger partial charge on any atom is 0.308 e. The summed E-state index contributed by atoms with van der Waals surface area (Å²) in [7, 11) is 0. The average molecular weight is 365 g/mol. The van der Waals surface area contributed by atoms with Crippen molar-refractivity contribution in [2.45, 2.75) is 33.2 Å². The molecule has 0 aliphatic rings. The van der Waals surface area contributed by atoms with Gasteiger partial charge in [-0.15, -0.1) is 0 Å². The van der Waals surface area contributed by atoms with E-state index in [9.17, 15) is 24.5 Å². The minimum Gasteiger partial charge on any atom is -0.456 e. The van der Waals surface area contributed by atoms with Gasteiger partial charge in [0.25, 0.3) is 17.5 Å². The summed E-state index contributed by atoms with van der Waals surface area (Å²) < 4.78 is 4.84. The van der Waals surface area contributed by atoms with Gasteiger partial charge >= 0.3 is 5.97 Å². The molecule has 0 aliphatic carbocycles. The normalized spacial score (nSPS) is 11.5. The zero-order valence-corrected chi connectivity index (χ0v) is 15.0. The highest BCUT2D eigenvalue weighted by atomic mass is 16.6. The second-order valence-corrected chi connectivity index (χ2v) is 6.07. The molecule has 0 saturated heterocycles. The highest BCUT2D eigenvalue weighted by molar-refractivity contribution is 5.94. The molecule has 1 aromatic carbocycles. The van der Waals surface area contributed by atoms with Gasteiger partial charge in [0.2, 0.25) is 0 Å². The first-order chi connectivity index (χ1) is 12.2. The van der Waals surface area contributed by atoms with Crippen LogP contribution in [0.5, 0.6) is 0 Å². The van der Waals surface area contributed by atoms with Crippen molar-refractivity contribution in [2.75, 3.05) is 13.2 Å². The number of nitro benzene ring substituents is 1. The maximum atomic E-state index is 11.9. The Morgan fingerprint density at radius 2 is 1.77 bits per heavy atom. The van der Waals surface area contributed by atoms with Gasteiger partial charge < -0.3 is 15.4 Å². The number of esters is 1. The minimum absolute atomic E-state index is 0.0258. The maximum absolute atomic E-state index is 11.9. The van der Waals surface area contributed by atoms with E-state index in [1.165, 1.54) is 24.3 Å². The molecule has 1 aromatic rings. The monoisotopic (exact) mass is 365 g/mol. The van der Waals surface area contributed by atoms with Crippen molar-refractivity contribution in [3.63, 3.8) is 0 Å². The number of non-ortho nitro benzene ring substituents is 1. The number of carbonyl (C=O) groups is 3. The van der Waals surface area contributed by atoms with Crippen LogP contribution in [0.1, 0.15) is 37.6 Å². The summed E-state index contributed by atoms with van der Waals surface area (Å²) in [5, 5.41) is 15.8. The first-order valence-electron chi connectivity index (χ1n) is 8.18. The molecule has 2 N–H and O–H groups in total. The molecule has 0 fully saturated rings. The Bertz CT molecular complexity index is 657. The molecule has 0 aliphatic heterocycles. The number of nitrogens with one attached hydrogen (secondary N) is 2. The van der Waals surface area contributed by atoms with Gasteiger partial charge in [-0.25, -0.2) is 0 Å². The predicted molar refractivity (Wildman–Crippen MR) is 93.4 cm³/mol. The lowest BCUT2D eigenvalue weighted by Gasteiger charge is -2.17. The molecule has 1 rings (SSSR count). The number of amides is 2. The lowest BCUT2D eigenvalue weighted by atomic mass is 10.1. The van der Waals surface area contributed by atoms with Gasteiger partial charge in [0, 0.05) is 30.3 Å². The Morgan fingerprint density at radius 1 is 1.15 bits per heavy atom. The second-order valence-electron chi connectivity index (χ2n) is 6.07. The van der Waals surface area contributed by atoms with E-state index in [2.05, 4.69) is 10.6 Å². The largest absolute Gasteiger partial charge is 0.456 e. The standard InChI is InChI=1S/C17H23N3O6/c1-11(2)12(3)19-15(21)10-26-16(22)8-9-18-17(23)13-4-6-14(7-5-13)20(24)25/h4-7,11-12H,8-10H2,1-3H3,(H,18,23)(H,19,21)/t12-/m1/s1. The van der Waals surface area contributed by atoms with Crippen LogP contribution in [0.4, 0.5) is 5.69 Å². The van der Waals surface area contributed by atoms with Crippen LogP contribution in [-0.4, -0.2) is 41.9 Å². The quantitative estimate of drug-likeness (QED) is 0.387. The molecule has 9 heteroatoms. The summed E-state index contributed by atoms with van der Waals surface area (Å²) in [6, 6.07) is 5.07.